The summed E-state index contributed by atoms with van der Waals surface area (Å²) in [6, 6.07) is 5.90. The Kier molecular flexibility index (Phi) is 3.34. The Bertz CT molecular complexity index is 720. The van der Waals surface area contributed by atoms with Gasteiger partial charge in [-0.15, -0.1) is 0 Å². The molecule has 2 bridgehead atoms. The first-order chi connectivity index (χ1) is 12.0. The van der Waals surface area contributed by atoms with Gasteiger partial charge in [-0.3, -0.25) is 4.98 Å². The first-order valence-corrected chi connectivity index (χ1v) is 9.37. The third-order valence-corrected chi connectivity index (χ3v) is 6.72. The topological polar surface area (TPSA) is 49.8 Å². The molecule has 0 amide bonds. The summed E-state index contributed by atoms with van der Waals surface area (Å²) >= 11 is 0. The van der Waals surface area contributed by atoms with Crippen LogP contribution in [0.1, 0.15) is 52.1 Å². The molecule has 5 nitrogen and oxygen atoms in total. The van der Waals surface area contributed by atoms with Gasteiger partial charge >= 0.3 is 0 Å². The van der Waals surface area contributed by atoms with Gasteiger partial charge in [0.25, 0.3) is 0 Å². The molecule has 5 aliphatic rings. The highest BCUT2D eigenvalue weighted by Gasteiger charge is 2.68. The minimum Gasteiger partial charge on any atom is -0.459 e. The van der Waals surface area contributed by atoms with Crippen molar-refractivity contribution in [2.75, 3.05) is 0 Å². The zero-order valence-electron chi connectivity index (χ0n) is 15.0. The standard InChI is InChI=1S/C20H25NO4/c1-12-7-8-15-13(2)17(16-6-4-5-11-21-16)22-18-20(15)14(12)9-10-19(3,23-18)24-25-20/h4-6,11-12,14-15,18H,7-10H2,1-3H3/t12-,14+,15+,18-,19?,20-/m1/s1. The predicted molar refractivity (Wildman–Crippen MR) is 90.7 cm³/mol. The summed E-state index contributed by atoms with van der Waals surface area (Å²) in [6.07, 6.45) is 5.47. The van der Waals surface area contributed by atoms with E-state index in [9.17, 15) is 0 Å². The highest BCUT2D eigenvalue weighted by Crippen LogP contribution is 2.60. The maximum Gasteiger partial charge on any atom is 0.236 e. The van der Waals surface area contributed by atoms with Crippen molar-refractivity contribution in [1.82, 2.24) is 4.98 Å². The minimum absolute atomic E-state index is 0.229. The van der Waals surface area contributed by atoms with Crippen LogP contribution < -0.4 is 0 Å². The van der Waals surface area contributed by atoms with Crippen molar-refractivity contribution in [1.29, 1.82) is 0 Å². The summed E-state index contributed by atoms with van der Waals surface area (Å²) in [6.45, 7) is 6.42. The molecular formula is C20H25NO4. The molecule has 1 unspecified atom stereocenters. The fourth-order valence-corrected chi connectivity index (χ4v) is 5.37. The van der Waals surface area contributed by atoms with Crippen LogP contribution in [0.15, 0.2) is 30.0 Å². The van der Waals surface area contributed by atoms with Gasteiger partial charge in [-0.2, -0.15) is 0 Å². The van der Waals surface area contributed by atoms with Crippen molar-refractivity contribution in [3.8, 4) is 0 Å². The number of pyridine rings is 1. The van der Waals surface area contributed by atoms with Crippen LogP contribution in [0.4, 0.5) is 0 Å². The Morgan fingerprint density at radius 2 is 2.04 bits per heavy atom. The lowest BCUT2D eigenvalue weighted by Gasteiger charge is -2.57. The molecule has 3 saturated heterocycles. The van der Waals surface area contributed by atoms with E-state index < -0.39 is 17.7 Å². The second-order valence-electron chi connectivity index (χ2n) is 8.20. The maximum absolute atomic E-state index is 6.43. The van der Waals surface area contributed by atoms with Gasteiger partial charge in [-0.05, 0) is 56.7 Å². The molecule has 1 aromatic rings. The third-order valence-electron chi connectivity index (χ3n) is 6.72. The smallest absolute Gasteiger partial charge is 0.236 e. The van der Waals surface area contributed by atoms with Crippen LogP contribution in [0.5, 0.6) is 0 Å². The third kappa shape index (κ3) is 2.09. The van der Waals surface area contributed by atoms with Crippen molar-refractivity contribution in [3.05, 3.63) is 35.7 Å². The van der Waals surface area contributed by atoms with E-state index in [0.717, 1.165) is 30.7 Å². The molecule has 6 atom stereocenters. The summed E-state index contributed by atoms with van der Waals surface area (Å²) in [5, 5.41) is 0. The molecular weight excluding hydrogens is 318 g/mol. The van der Waals surface area contributed by atoms with Crippen LogP contribution in [0.25, 0.3) is 5.76 Å². The van der Waals surface area contributed by atoms with Crippen molar-refractivity contribution >= 4 is 5.76 Å². The van der Waals surface area contributed by atoms with Crippen LogP contribution in [0.2, 0.25) is 0 Å². The van der Waals surface area contributed by atoms with Gasteiger partial charge in [-0.1, -0.05) is 13.0 Å². The highest BCUT2D eigenvalue weighted by molar-refractivity contribution is 5.62. The lowest BCUT2D eigenvalue weighted by molar-refractivity contribution is -0.553. The Morgan fingerprint density at radius 3 is 2.84 bits per heavy atom. The van der Waals surface area contributed by atoms with E-state index in [0.29, 0.717) is 11.8 Å². The zero-order chi connectivity index (χ0) is 17.2. The fraction of sp³-hybridized carbons (Fsp3) is 0.650. The second kappa shape index (κ2) is 5.29. The fourth-order valence-electron chi connectivity index (χ4n) is 5.37. The van der Waals surface area contributed by atoms with Crippen LogP contribution >= 0.6 is 0 Å². The monoisotopic (exact) mass is 343 g/mol. The molecule has 0 aromatic carbocycles. The van der Waals surface area contributed by atoms with Crippen molar-refractivity contribution in [2.24, 2.45) is 17.8 Å². The first-order valence-electron chi connectivity index (χ1n) is 9.37. The van der Waals surface area contributed by atoms with E-state index in [1.165, 1.54) is 12.0 Å². The molecule has 4 aliphatic heterocycles. The summed E-state index contributed by atoms with van der Waals surface area (Å²) in [5.74, 6) is 1.28. The summed E-state index contributed by atoms with van der Waals surface area (Å²) in [5.41, 5.74) is 1.51. The number of fused-ring (bicyclic) bond motifs is 2. The Morgan fingerprint density at radius 1 is 1.16 bits per heavy atom. The van der Waals surface area contributed by atoms with Crippen LogP contribution in [0, 0.1) is 17.8 Å². The largest absolute Gasteiger partial charge is 0.459 e. The van der Waals surface area contributed by atoms with E-state index in [1.807, 2.05) is 25.1 Å². The van der Waals surface area contributed by atoms with Gasteiger partial charge < -0.3 is 9.47 Å². The summed E-state index contributed by atoms with van der Waals surface area (Å²) in [7, 11) is 0. The molecule has 1 spiro atoms. The van der Waals surface area contributed by atoms with Gasteiger partial charge in [0.1, 0.15) is 11.5 Å². The Labute approximate surface area is 148 Å². The molecule has 5 heteroatoms. The van der Waals surface area contributed by atoms with Crippen LogP contribution in [0.3, 0.4) is 0 Å². The van der Waals surface area contributed by atoms with E-state index in [4.69, 9.17) is 19.2 Å². The van der Waals surface area contributed by atoms with E-state index in [-0.39, 0.29) is 5.92 Å². The number of aromatic nitrogens is 1. The average Bonchev–Trinajstić information content (AvgIpc) is 2.85. The van der Waals surface area contributed by atoms with Gasteiger partial charge in [-0.25, -0.2) is 9.78 Å². The van der Waals surface area contributed by atoms with Crippen molar-refractivity contribution < 1.29 is 19.2 Å². The molecule has 6 rings (SSSR count). The molecule has 0 N–H and O–H groups in total. The van der Waals surface area contributed by atoms with Gasteiger partial charge in [0.15, 0.2) is 5.60 Å². The van der Waals surface area contributed by atoms with E-state index in [2.05, 4.69) is 18.8 Å². The van der Waals surface area contributed by atoms with E-state index in [1.54, 1.807) is 6.20 Å². The zero-order valence-corrected chi connectivity index (χ0v) is 15.0. The normalized spacial score (nSPS) is 45.6. The summed E-state index contributed by atoms with van der Waals surface area (Å²) < 4.78 is 12.8. The molecule has 1 saturated carbocycles. The van der Waals surface area contributed by atoms with Crippen molar-refractivity contribution in [3.63, 3.8) is 0 Å². The van der Waals surface area contributed by atoms with Gasteiger partial charge in [0.2, 0.25) is 12.1 Å². The number of hydrogen-bond acceptors (Lipinski definition) is 5. The van der Waals surface area contributed by atoms with E-state index >= 15 is 0 Å². The minimum atomic E-state index is -0.738. The highest BCUT2D eigenvalue weighted by atomic mass is 17.3. The second-order valence-corrected chi connectivity index (χ2v) is 8.20. The number of hydrogen-bond donors (Lipinski definition) is 0. The molecule has 134 valence electrons. The quantitative estimate of drug-likeness (QED) is 0.720. The first kappa shape index (κ1) is 15.8. The molecule has 0 radical (unpaired) electrons. The van der Waals surface area contributed by atoms with Crippen LogP contribution in [-0.4, -0.2) is 22.7 Å². The molecule has 5 heterocycles. The average molecular weight is 343 g/mol. The Hall–Kier alpha value is -1.43. The lowest BCUT2D eigenvalue weighted by atomic mass is 9.59. The predicted octanol–water partition coefficient (Wildman–Crippen LogP) is 4.06. The van der Waals surface area contributed by atoms with Crippen LogP contribution in [-0.2, 0) is 19.2 Å². The number of nitrogens with zero attached hydrogens (tertiary/aromatic N) is 1. The SMILES string of the molecule is CC1=C(c2ccccn2)O[C@@H]2OC3(C)CC[C@H]4[C@H](C)CC[C@@H]1[C@@]24OO3. The van der Waals surface area contributed by atoms with Gasteiger partial charge in [0, 0.05) is 24.5 Å². The number of ether oxygens (including phenoxy) is 2. The summed E-state index contributed by atoms with van der Waals surface area (Å²) in [4.78, 5) is 16.5. The Balaban J connectivity index is 1.66. The molecule has 25 heavy (non-hydrogen) atoms. The lowest BCUT2D eigenvalue weighted by Crippen LogP contribution is -2.66. The molecule has 1 aromatic heterocycles. The number of rotatable bonds is 1. The molecule has 1 aliphatic carbocycles. The van der Waals surface area contributed by atoms with Gasteiger partial charge in [0.05, 0.1) is 0 Å². The van der Waals surface area contributed by atoms with Crippen molar-refractivity contribution in [2.45, 2.75) is 64.1 Å². The molecule has 4 fully saturated rings. The maximum atomic E-state index is 6.43.